The van der Waals surface area contributed by atoms with E-state index in [1.807, 2.05) is 26.2 Å². The number of nitrogens with one attached hydrogen (secondary N) is 1. The number of amides is 1. The van der Waals surface area contributed by atoms with Crippen molar-refractivity contribution in [3.05, 3.63) is 46.8 Å². The van der Waals surface area contributed by atoms with E-state index in [0.717, 1.165) is 27.7 Å². The number of thioether (sulfide) groups is 1. The molecule has 0 saturated heterocycles. The van der Waals surface area contributed by atoms with Gasteiger partial charge < -0.3 is 10.4 Å². The maximum absolute atomic E-state index is 12.0. The topological polar surface area (TPSA) is 75.1 Å². The summed E-state index contributed by atoms with van der Waals surface area (Å²) in [6, 6.07) is 7.08. The first-order valence-corrected chi connectivity index (χ1v) is 9.14. The van der Waals surface area contributed by atoms with Gasteiger partial charge in [-0.1, -0.05) is 23.9 Å². The molecule has 2 rings (SSSR count). The molecule has 128 valence electrons. The van der Waals surface area contributed by atoms with Crippen LogP contribution in [-0.2, 0) is 17.6 Å². The Balaban J connectivity index is 1.81. The molecule has 1 aromatic carbocycles. The van der Waals surface area contributed by atoms with Crippen LogP contribution in [0.2, 0.25) is 0 Å². The molecule has 2 N–H and O–H groups in total. The van der Waals surface area contributed by atoms with Gasteiger partial charge in [0.2, 0.25) is 5.91 Å². The predicted molar refractivity (Wildman–Crippen MR) is 96.4 cm³/mol. The summed E-state index contributed by atoms with van der Waals surface area (Å²) in [5, 5.41) is 13.1. The van der Waals surface area contributed by atoms with Crippen molar-refractivity contribution in [3.63, 3.8) is 0 Å². The van der Waals surface area contributed by atoms with Crippen LogP contribution >= 0.6 is 11.8 Å². The summed E-state index contributed by atoms with van der Waals surface area (Å²) in [5.74, 6) is 0.265. The first kappa shape index (κ1) is 18.3. The molecule has 0 aliphatic heterocycles. The second-order valence-corrected chi connectivity index (χ2v) is 6.40. The van der Waals surface area contributed by atoms with Crippen LogP contribution in [0.1, 0.15) is 28.9 Å². The van der Waals surface area contributed by atoms with Crippen LogP contribution in [0.25, 0.3) is 0 Å². The van der Waals surface area contributed by atoms with Crippen molar-refractivity contribution >= 4 is 17.7 Å². The zero-order chi connectivity index (χ0) is 17.5. The van der Waals surface area contributed by atoms with E-state index in [0.29, 0.717) is 25.8 Å². The molecule has 1 heterocycles. The van der Waals surface area contributed by atoms with Crippen molar-refractivity contribution < 1.29 is 9.90 Å². The third-order valence-electron chi connectivity index (χ3n) is 3.83. The number of nitrogens with zero attached hydrogens (tertiary/aromatic N) is 2. The van der Waals surface area contributed by atoms with Crippen molar-refractivity contribution in [2.24, 2.45) is 0 Å². The van der Waals surface area contributed by atoms with Crippen LogP contribution in [0, 0.1) is 13.8 Å². The summed E-state index contributed by atoms with van der Waals surface area (Å²) >= 11 is 1.52. The molecular weight excluding hydrogens is 322 g/mol. The maximum Gasteiger partial charge on any atom is 0.220 e. The molecule has 0 aliphatic carbocycles. The lowest BCUT2D eigenvalue weighted by Gasteiger charge is -2.10. The molecule has 6 heteroatoms. The summed E-state index contributed by atoms with van der Waals surface area (Å²) in [4.78, 5) is 20.9. The first-order valence-electron chi connectivity index (χ1n) is 7.92. The van der Waals surface area contributed by atoms with E-state index >= 15 is 0 Å². The molecule has 0 aliphatic rings. The highest BCUT2D eigenvalue weighted by Gasteiger charge is 2.10. The fraction of sp³-hybridized carbons (Fsp3) is 0.389. The number of carbonyl (C=O) groups is 1. The fourth-order valence-corrected chi connectivity index (χ4v) is 3.00. The van der Waals surface area contributed by atoms with E-state index in [9.17, 15) is 9.90 Å². The van der Waals surface area contributed by atoms with E-state index < -0.39 is 0 Å². The molecule has 0 fully saturated rings. The minimum atomic E-state index is 0.0166. The summed E-state index contributed by atoms with van der Waals surface area (Å²) in [6.45, 7) is 4.48. The Labute approximate surface area is 146 Å². The largest absolute Gasteiger partial charge is 0.508 e. The average Bonchev–Trinajstić information content (AvgIpc) is 2.54. The average molecular weight is 345 g/mol. The number of phenols is 1. The number of hydrogen-bond acceptors (Lipinski definition) is 5. The van der Waals surface area contributed by atoms with Gasteiger partial charge in [0.05, 0.1) is 0 Å². The lowest BCUT2D eigenvalue weighted by Crippen LogP contribution is -2.26. The van der Waals surface area contributed by atoms with Crippen molar-refractivity contribution in [2.45, 2.75) is 38.3 Å². The molecular formula is C18H23N3O2S. The molecule has 1 amide bonds. The molecule has 24 heavy (non-hydrogen) atoms. The van der Waals surface area contributed by atoms with Gasteiger partial charge in [0.1, 0.15) is 5.75 Å². The van der Waals surface area contributed by atoms with Gasteiger partial charge >= 0.3 is 0 Å². The summed E-state index contributed by atoms with van der Waals surface area (Å²) < 4.78 is 0. The Bertz CT molecular complexity index is 696. The van der Waals surface area contributed by atoms with Gasteiger partial charge in [-0.25, -0.2) is 9.97 Å². The van der Waals surface area contributed by atoms with Gasteiger partial charge in [0.25, 0.3) is 0 Å². The minimum Gasteiger partial charge on any atom is -0.508 e. The third-order valence-corrected chi connectivity index (χ3v) is 4.38. The molecule has 2 aromatic rings. The second-order valence-electron chi connectivity index (χ2n) is 5.63. The Morgan fingerprint density at radius 3 is 2.54 bits per heavy atom. The minimum absolute atomic E-state index is 0.0166. The van der Waals surface area contributed by atoms with E-state index in [1.54, 1.807) is 18.2 Å². The van der Waals surface area contributed by atoms with E-state index in [4.69, 9.17) is 0 Å². The predicted octanol–water partition coefficient (Wildman–Crippen LogP) is 2.81. The molecule has 5 nitrogen and oxygen atoms in total. The SMILES string of the molecule is CSc1nc(C)c(CCC(=O)NCCc2cccc(O)c2)c(C)n1. The Hall–Kier alpha value is -2.08. The van der Waals surface area contributed by atoms with Gasteiger partial charge in [-0.15, -0.1) is 0 Å². The second kappa shape index (κ2) is 8.68. The van der Waals surface area contributed by atoms with Crippen LogP contribution in [0.3, 0.4) is 0 Å². The van der Waals surface area contributed by atoms with Crippen molar-refractivity contribution in [1.29, 1.82) is 0 Å². The van der Waals surface area contributed by atoms with Crippen LogP contribution in [0.5, 0.6) is 5.75 Å². The van der Waals surface area contributed by atoms with E-state index in [-0.39, 0.29) is 11.7 Å². The smallest absolute Gasteiger partial charge is 0.220 e. The lowest BCUT2D eigenvalue weighted by atomic mass is 10.1. The fourth-order valence-electron chi connectivity index (χ4n) is 2.55. The number of aromatic nitrogens is 2. The maximum atomic E-state index is 12.0. The van der Waals surface area contributed by atoms with Gasteiger partial charge in [-0.05, 0) is 56.2 Å². The van der Waals surface area contributed by atoms with Gasteiger partial charge in [0.15, 0.2) is 5.16 Å². The van der Waals surface area contributed by atoms with Crippen LogP contribution < -0.4 is 5.32 Å². The monoisotopic (exact) mass is 345 g/mol. The van der Waals surface area contributed by atoms with Crippen molar-refractivity contribution in [1.82, 2.24) is 15.3 Å². The summed E-state index contributed by atoms with van der Waals surface area (Å²) in [6.07, 6.45) is 3.71. The molecule has 0 saturated carbocycles. The number of rotatable bonds is 7. The lowest BCUT2D eigenvalue weighted by molar-refractivity contribution is -0.121. The molecule has 0 bridgehead atoms. The Kier molecular flexibility index (Phi) is 6.61. The molecule has 0 spiro atoms. The number of hydrogen-bond donors (Lipinski definition) is 2. The van der Waals surface area contributed by atoms with Gasteiger partial charge in [0, 0.05) is 24.4 Å². The Morgan fingerprint density at radius 1 is 1.21 bits per heavy atom. The number of phenolic OH excluding ortho intramolecular Hbond substituents is 1. The van der Waals surface area contributed by atoms with Crippen molar-refractivity contribution in [2.75, 3.05) is 12.8 Å². The standard InChI is InChI=1S/C18H23N3O2S/c1-12-16(13(2)21-18(20-12)24-3)7-8-17(23)19-10-9-14-5-4-6-15(22)11-14/h4-6,11,22H,7-10H2,1-3H3,(H,19,23). The van der Waals surface area contributed by atoms with Crippen molar-refractivity contribution in [3.8, 4) is 5.75 Å². The van der Waals surface area contributed by atoms with Crippen LogP contribution in [0.4, 0.5) is 0 Å². The number of benzene rings is 1. The third kappa shape index (κ3) is 5.23. The van der Waals surface area contributed by atoms with E-state index in [1.165, 1.54) is 11.8 Å². The number of carbonyl (C=O) groups excluding carboxylic acids is 1. The zero-order valence-electron chi connectivity index (χ0n) is 14.3. The van der Waals surface area contributed by atoms with Crippen LogP contribution in [0.15, 0.2) is 29.4 Å². The highest BCUT2D eigenvalue weighted by molar-refractivity contribution is 7.98. The Morgan fingerprint density at radius 2 is 1.92 bits per heavy atom. The summed E-state index contributed by atoms with van der Waals surface area (Å²) in [7, 11) is 0. The summed E-state index contributed by atoms with van der Waals surface area (Å²) in [5.41, 5.74) is 3.94. The molecule has 0 radical (unpaired) electrons. The first-order chi connectivity index (χ1) is 11.5. The quantitative estimate of drug-likeness (QED) is 0.596. The number of aromatic hydroxyl groups is 1. The normalized spacial score (nSPS) is 10.6. The van der Waals surface area contributed by atoms with E-state index in [2.05, 4.69) is 15.3 Å². The molecule has 0 unspecified atom stereocenters. The molecule has 0 atom stereocenters. The van der Waals surface area contributed by atoms with Gasteiger partial charge in [-0.3, -0.25) is 4.79 Å². The van der Waals surface area contributed by atoms with Gasteiger partial charge in [-0.2, -0.15) is 0 Å². The highest BCUT2D eigenvalue weighted by atomic mass is 32.2. The highest BCUT2D eigenvalue weighted by Crippen LogP contribution is 2.17. The molecule has 1 aromatic heterocycles. The zero-order valence-corrected chi connectivity index (χ0v) is 15.1. The van der Waals surface area contributed by atoms with Crippen LogP contribution in [-0.4, -0.2) is 33.8 Å². The number of aryl methyl sites for hydroxylation is 2.